The van der Waals surface area contributed by atoms with Gasteiger partial charge in [0.2, 0.25) is 0 Å². The summed E-state index contributed by atoms with van der Waals surface area (Å²) in [6, 6.07) is 7.94. The van der Waals surface area contributed by atoms with Crippen molar-refractivity contribution in [1.29, 1.82) is 0 Å². The van der Waals surface area contributed by atoms with Crippen LogP contribution in [0.2, 0.25) is 0 Å². The summed E-state index contributed by atoms with van der Waals surface area (Å²) in [5.41, 5.74) is 1.54. The van der Waals surface area contributed by atoms with Crippen molar-refractivity contribution in [2.45, 2.75) is 45.6 Å². The third kappa shape index (κ3) is 1.36. The maximum absolute atomic E-state index is 13.0. The third-order valence-corrected chi connectivity index (χ3v) is 6.96. The fourth-order valence-corrected chi connectivity index (χ4v) is 5.19. The van der Waals surface area contributed by atoms with Crippen LogP contribution in [-0.2, 0) is 9.53 Å². The van der Waals surface area contributed by atoms with Crippen LogP contribution in [0, 0.1) is 23.7 Å². The SMILES string of the molecule is Cc1ccccc1NC(=O)[C@@]12C[C@@H]3CC[C@]1(C)[C@]3(C)CO2. The quantitative estimate of drug-likeness (QED) is 0.902. The molecule has 3 heteroatoms. The number of carbonyl (C=O) groups is 1. The molecule has 1 amide bonds. The molecule has 3 nitrogen and oxygen atoms in total. The van der Waals surface area contributed by atoms with Crippen molar-refractivity contribution in [1.82, 2.24) is 0 Å². The zero-order valence-electron chi connectivity index (χ0n) is 13.0. The van der Waals surface area contributed by atoms with E-state index in [1.165, 1.54) is 6.42 Å². The van der Waals surface area contributed by atoms with Crippen molar-refractivity contribution in [3.8, 4) is 0 Å². The van der Waals surface area contributed by atoms with Crippen molar-refractivity contribution in [2.75, 3.05) is 11.9 Å². The van der Waals surface area contributed by atoms with E-state index in [2.05, 4.69) is 19.2 Å². The molecule has 21 heavy (non-hydrogen) atoms. The minimum atomic E-state index is -0.618. The Morgan fingerprint density at radius 3 is 2.76 bits per heavy atom. The van der Waals surface area contributed by atoms with E-state index in [0.29, 0.717) is 5.92 Å². The second kappa shape index (κ2) is 3.89. The van der Waals surface area contributed by atoms with Crippen molar-refractivity contribution in [3.05, 3.63) is 29.8 Å². The largest absolute Gasteiger partial charge is 0.364 e. The highest BCUT2D eigenvalue weighted by Crippen LogP contribution is 2.75. The molecule has 3 aliphatic rings. The number of ether oxygens (including phenoxy) is 1. The molecule has 0 aromatic heterocycles. The number of nitrogens with one attached hydrogen (secondary N) is 1. The number of benzene rings is 1. The highest BCUT2D eigenvalue weighted by Gasteiger charge is 2.78. The van der Waals surface area contributed by atoms with Gasteiger partial charge in [-0.3, -0.25) is 4.79 Å². The number of aryl methyl sites for hydroxylation is 1. The van der Waals surface area contributed by atoms with E-state index in [-0.39, 0.29) is 16.7 Å². The van der Waals surface area contributed by atoms with E-state index in [1.807, 2.05) is 31.2 Å². The van der Waals surface area contributed by atoms with Gasteiger partial charge in [0.25, 0.3) is 5.91 Å². The minimum absolute atomic E-state index is 0.0164. The first kappa shape index (κ1) is 13.3. The van der Waals surface area contributed by atoms with Crippen molar-refractivity contribution in [2.24, 2.45) is 16.7 Å². The van der Waals surface area contributed by atoms with Crippen LogP contribution in [0.15, 0.2) is 24.3 Å². The summed E-state index contributed by atoms with van der Waals surface area (Å²) in [6.45, 7) is 7.34. The monoisotopic (exact) mass is 285 g/mol. The fraction of sp³-hybridized carbons (Fsp3) is 0.611. The van der Waals surface area contributed by atoms with Gasteiger partial charge in [-0.2, -0.15) is 0 Å². The summed E-state index contributed by atoms with van der Waals surface area (Å²) >= 11 is 0. The van der Waals surface area contributed by atoms with Crippen LogP contribution < -0.4 is 5.32 Å². The maximum Gasteiger partial charge on any atom is 0.257 e. The molecule has 1 aromatic carbocycles. The van der Waals surface area contributed by atoms with Crippen molar-refractivity contribution in [3.63, 3.8) is 0 Å². The summed E-state index contributed by atoms with van der Waals surface area (Å²) in [4.78, 5) is 13.0. The van der Waals surface area contributed by atoms with Crippen LogP contribution in [0.3, 0.4) is 0 Å². The second-order valence-electron chi connectivity index (χ2n) is 7.57. The molecule has 112 valence electrons. The molecule has 2 saturated carbocycles. The van der Waals surface area contributed by atoms with Crippen molar-refractivity contribution < 1.29 is 9.53 Å². The van der Waals surface area contributed by atoms with Gasteiger partial charge in [0.15, 0.2) is 5.60 Å². The Labute approximate surface area is 126 Å². The van der Waals surface area contributed by atoms with Gasteiger partial charge in [-0.1, -0.05) is 32.0 Å². The Morgan fingerprint density at radius 2 is 2.10 bits per heavy atom. The van der Waals surface area contributed by atoms with Gasteiger partial charge in [-0.25, -0.2) is 0 Å². The first-order valence-corrected chi connectivity index (χ1v) is 7.94. The molecule has 4 bridgehead atoms. The number of anilines is 1. The van der Waals surface area contributed by atoms with Crippen LogP contribution in [-0.4, -0.2) is 18.1 Å². The minimum Gasteiger partial charge on any atom is -0.364 e. The Morgan fingerprint density at radius 1 is 1.33 bits per heavy atom. The summed E-state index contributed by atoms with van der Waals surface area (Å²) in [5, 5.41) is 3.13. The zero-order chi connectivity index (χ0) is 14.9. The number of hydrogen-bond donors (Lipinski definition) is 1. The predicted octanol–water partition coefficient (Wildman–Crippen LogP) is 3.53. The lowest BCUT2D eigenvalue weighted by atomic mass is 9.66. The lowest BCUT2D eigenvalue weighted by Gasteiger charge is -2.40. The van der Waals surface area contributed by atoms with Crippen LogP contribution in [0.4, 0.5) is 5.69 Å². The van der Waals surface area contributed by atoms with E-state index in [9.17, 15) is 4.79 Å². The number of amides is 1. The first-order valence-electron chi connectivity index (χ1n) is 7.94. The molecule has 2 aliphatic carbocycles. The molecule has 1 N–H and O–H groups in total. The second-order valence-corrected chi connectivity index (χ2v) is 7.57. The van der Waals surface area contributed by atoms with Crippen LogP contribution in [0.25, 0.3) is 0 Å². The molecule has 1 aliphatic heterocycles. The summed E-state index contributed by atoms with van der Waals surface area (Å²) < 4.78 is 6.14. The average Bonchev–Trinajstić information content (AvgIpc) is 2.93. The number of rotatable bonds is 2. The fourth-order valence-electron chi connectivity index (χ4n) is 5.19. The van der Waals surface area contributed by atoms with E-state index >= 15 is 0 Å². The number of hydrogen-bond acceptors (Lipinski definition) is 2. The van der Waals surface area contributed by atoms with Gasteiger partial charge in [0, 0.05) is 16.5 Å². The summed E-state index contributed by atoms with van der Waals surface area (Å²) in [7, 11) is 0. The Balaban J connectivity index is 1.68. The molecular formula is C18H23NO2. The Kier molecular flexibility index (Phi) is 2.47. The van der Waals surface area contributed by atoms with Crippen molar-refractivity contribution >= 4 is 11.6 Å². The van der Waals surface area contributed by atoms with Gasteiger partial charge in [-0.15, -0.1) is 0 Å². The number of carbonyl (C=O) groups excluding carboxylic acids is 1. The zero-order valence-corrected chi connectivity index (χ0v) is 13.0. The maximum atomic E-state index is 13.0. The molecule has 3 fully saturated rings. The van der Waals surface area contributed by atoms with E-state index in [4.69, 9.17) is 4.74 Å². The van der Waals surface area contributed by atoms with Gasteiger partial charge >= 0.3 is 0 Å². The van der Waals surface area contributed by atoms with Gasteiger partial charge in [0.05, 0.1) is 6.61 Å². The Bertz CT molecular complexity index is 627. The molecule has 0 unspecified atom stereocenters. The van der Waals surface area contributed by atoms with E-state index < -0.39 is 5.60 Å². The molecule has 0 spiro atoms. The third-order valence-electron chi connectivity index (χ3n) is 6.96. The van der Waals surface area contributed by atoms with Crippen LogP contribution in [0.1, 0.15) is 38.7 Å². The standard InChI is InChI=1S/C18H23NO2/c1-12-6-4-5-7-14(12)19-15(20)18-10-13-8-9-17(18,3)16(13,2)11-21-18/h4-7,13H,8-11H2,1-3H3,(H,19,20)/t13-,16+,17+,18-/m0/s1. The number of para-hydroxylation sites is 1. The molecule has 4 atom stereocenters. The highest BCUT2D eigenvalue weighted by molar-refractivity contribution is 5.99. The van der Waals surface area contributed by atoms with Gasteiger partial charge in [-0.05, 0) is 43.7 Å². The summed E-state index contributed by atoms with van der Waals surface area (Å²) in [5.74, 6) is 0.698. The van der Waals surface area contributed by atoms with E-state index in [1.54, 1.807) is 0 Å². The Hall–Kier alpha value is -1.35. The topological polar surface area (TPSA) is 38.3 Å². The average molecular weight is 285 g/mol. The lowest BCUT2D eigenvalue weighted by Crippen LogP contribution is -2.52. The highest BCUT2D eigenvalue weighted by atomic mass is 16.5. The summed E-state index contributed by atoms with van der Waals surface area (Å²) in [6.07, 6.45) is 3.24. The first-order chi connectivity index (χ1) is 9.93. The van der Waals surface area contributed by atoms with Gasteiger partial charge < -0.3 is 10.1 Å². The normalized spacial score (nSPS) is 43.3. The molecular weight excluding hydrogens is 262 g/mol. The predicted molar refractivity (Wildman–Crippen MR) is 82.0 cm³/mol. The van der Waals surface area contributed by atoms with Crippen LogP contribution >= 0.6 is 0 Å². The molecule has 1 aromatic rings. The lowest BCUT2D eigenvalue weighted by molar-refractivity contribution is -0.149. The molecule has 4 rings (SSSR count). The molecule has 1 heterocycles. The molecule has 0 radical (unpaired) electrons. The van der Waals surface area contributed by atoms with Crippen LogP contribution in [0.5, 0.6) is 0 Å². The van der Waals surface area contributed by atoms with E-state index in [0.717, 1.165) is 30.7 Å². The van der Waals surface area contributed by atoms with Gasteiger partial charge in [0.1, 0.15) is 0 Å². The smallest absolute Gasteiger partial charge is 0.257 e. The molecule has 1 saturated heterocycles.